The van der Waals surface area contributed by atoms with E-state index in [0.717, 1.165) is 6.42 Å². The van der Waals surface area contributed by atoms with Crippen molar-refractivity contribution >= 4 is 11.6 Å². The number of methoxy groups -OCH3 is 2. The van der Waals surface area contributed by atoms with Crippen LogP contribution >= 0.6 is 11.6 Å². The second-order valence-corrected chi connectivity index (χ2v) is 6.57. The zero-order chi connectivity index (χ0) is 16.1. The molecule has 4 atom stereocenters. The Labute approximate surface area is 138 Å². The highest BCUT2D eigenvalue weighted by Gasteiger charge is 2.55. The molecular weight excluding hydrogens is 318 g/mol. The number of nitrogens with zero attached hydrogens (tertiary/aromatic N) is 2. The van der Waals surface area contributed by atoms with Crippen LogP contribution in [0.3, 0.4) is 0 Å². The number of rotatable bonds is 4. The van der Waals surface area contributed by atoms with E-state index in [4.69, 9.17) is 31.3 Å². The predicted molar refractivity (Wildman–Crippen MR) is 84.8 cm³/mol. The third-order valence-electron chi connectivity index (χ3n) is 4.97. The van der Waals surface area contributed by atoms with Gasteiger partial charge in [0.15, 0.2) is 11.5 Å². The van der Waals surface area contributed by atoms with Gasteiger partial charge in [-0.05, 0) is 36.8 Å². The van der Waals surface area contributed by atoms with Gasteiger partial charge in [0.2, 0.25) is 11.7 Å². The number of hydrogen-bond acceptors (Lipinski definition) is 6. The summed E-state index contributed by atoms with van der Waals surface area (Å²) in [5.41, 5.74) is 6.78. The lowest BCUT2D eigenvalue weighted by Gasteiger charge is -2.11. The maximum absolute atomic E-state index is 6.41. The molecule has 0 aliphatic heterocycles. The molecule has 0 unspecified atom stereocenters. The lowest BCUT2D eigenvalue weighted by Crippen LogP contribution is -2.19. The first-order valence-corrected chi connectivity index (χ1v) is 8.01. The summed E-state index contributed by atoms with van der Waals surface area (Å²) in [5.74, 6) is 3.64. The summed E-state index contributed by atoms with van der Waals surface area (Å²) in [6.45, 7) is 0. The van der Waals surface area contributed by atoms with Crippen molar-refractivity contribution in [3.8, 4) is 22.9 Å². The second kappa shape index (κ2) is 5.39. The molecule has 2 aliphatic carbocycles. The molecule has 1 aromatic heterocycles. The number of hydrogen-bond donors (Lipinski definition) is 1. The number of benzene rings is 1. The normalized spacial score (nSPS) is 28.5. The van der Waals surface area contributed by atoms with Gasteiger partial charge in [-0.3, -0.25) is 0 Å². The van der Waals surface area contributed by atoms with Crippen LogP contribution in [-0.4, -0.2) is 30.4 Å². The van der Waals surface area contributed by atoms with Gasteiger partial charge in [-0.15, -0.1) is 0 Å². The van der Waals surface area contributed by atoms with Crippen molar-refractivity contribution in [1.29, 1.82) is 0 Å². The van der Waals surface area contributed by atoms with Gasteiger partial charge in [0.25, 0.3) is 0 Å². The van der Waals surface area contributed by atoms with Gasteiger partial charge in [0.05, 0.1) is 19.2 Å². The van der Waals surface area contributed by atoms with Crippen molar-refractivity contribution < 1.29 is 14.0 Å². The number of nitrogens with two attached hydrogens (primary N) is 1. The first-order valence-electron chi connectivity index (χ1n) is 7.64. The Balaban J connectivity index is 1.67. The van der Waals surface area contributed by atoms with Gasteiger partial charge in [0, 0.05) is 17.5 Å². The SMILES string of the molecule is COc1ccc(-c2noc([C@@H]3C[C@H](N)[C@H]4C[C@H]43)n2)c(Cl)c1OC. The van der Waals surface area contributed by atoms with Crippen molar-refractivity contribution in [2.45, 2.75) is 24.8 Å². The third kappa shape index (κ3) is 2.28. The van der Waals surface area contributed by atoms with E-state index in [1.165, 1.54) is 6.42 Å². The molecule has 122 valence electrons. The predicted octanol–water partition coefficient (Wildman–Crippen LogP) is 2.86. The maximum Gasteiger partial charge on any atom is 0.230 e. The number of fused-ring (bicyclic) bond motifs is 1. The van der Waals surface area contributed by atoms with Crippen molar-refractivity contribution in [3.05, 3.63) is 23.0 Å². The van der Waals surface area contributed by atoms with Gasteiger partial charge >= 0.3 is 0 Å². The summed E-state index contributed by atoms with van der Waals surface area (Å²) in [4.78, 5) is 4.55. The van der Waals surface area contributed by atoms with Gasteiger partial charge in [0.1, 0.15) is 0 Å². The second-order valence-electron chi connectivity index (χ2n) is 6.19. The average molecular weight is 336 g/mol. The monoisotopic (exact) mass is 335 g/mol. The zero-order valence-corrected chi connectivity index (χ0v) is 13.7. The smallest absolute Gasteiger partial charge is 0.230 e. The van der Waals surface area contributed by atoms with E-state index in [2.05, 4.69) is 10.1 Å². The molecular formula is C16H18ClN3O3. The van der Waals surface area contributed by atoms with Crippen LogP contribution in [0.15, 0.2) is 16.7 Å². The molecule has 7 heteroatoms. The average Bonchev–Trinajstić information content (AvgIpc) is 3.08. The van der Waals surface area contributed by atoms with Crippen LogP contribution in [0.25, 0.3) is 11.4 Å². The third-order valence-corrected chi connectivity index (χ3v) is 5.34. The fourth-order valence-electron chi connectivity index (χ4n) is 3.67. The van der Waals surface area contributed by atoms with E-state index in [1.807, 2.05) is 0 Å². The fourth-order valence-corrected chi connectivity index (χ4v) is 3.99. The van der Waals surface area contributed by atoms with Crippen LogP contribution in [0.4, 0.5) is 0 Å². The Hall–Kier alpha value is -1.79. The Kier molecular flexibility index (Phi) is 3.46. The summed E-state index contributed by atoms with van der Waals surface area (Å²) in [6.07, 6.45) is 2.08. The molecule has 2 saturated carbocycles. The lowest BCUT2D eigenvalue weighted by atomic mass is 10.0. The largest absolute Gasteiger partial charge is 0.493 e. The van der Waals surface area contributed by atoms with Gasteiger partial charge < -0.3 is 19.7 Å². The molecule has 6 nitrogen and oxygen atoms in total. The Bertz CT molecular complexity index is 748. The molecule has 0 saturated heterocycles. The number of aromatic nitrogens is 2. The van der Waals surface area contributed by atoms with E-state index in [9.17, 15) is 0 Å². The van der Waals surface area contributed by atoms with Gasteiger partial charge in [-0.25, -0.2) is 0 Å². The van der Waals surface area contributed by atoms with Crippen molar-refractivity contribution in [3.63, 3.8) is 0 Å². The quantitative estimate of drug-likeness (QED) is 0.925. The highest BCUT2D eigenvalue weighted by atomic mass is 35.5. The summed E-state index contributed by atoms with van der Waals surface area (Å²) < 4.78 is 16.0. The Morgan fingerprint density at radius 3 is 2.65 bits per heavy atom. The molecule has 0 bridgehead atoms. The molecule has 1 aromatic carbocycles. The minimum atomic E-state index is 0.255. The zero-order valence-electron chi connectivity index (χ0n) is 13.0. The minimum absolute atomic E-state index is 0.255. The van der Waals surface area contributed by atoms with Crippen LogP contribution in [0, 0.1) is 11.8 Å². The van der Waals surface area contributed by atoms with Crippen LogP contribution in [0.2, 0.25) is 5.02 Å². The molecule has 0 amide bonds. The highest BCUT2D eigenvalue weighted by Crippen LogP contribution is 2.58. The van der Waals surface area contributed by atoms with Crippen molar-refractivity contribution in [1.82, 2.24) is 10.1 Å². The summed E-state index contributed by atoms with van der Waals surface area (Å²) in [7, 11) is 3.11. The van der Waals surface area contributed by atoms with Crippen molar-refractivity contribution in [2.75, 3.05) is 14.2 Å². The van der Waals surface area contributed by atoms with E-state index in [0.29, 0.717) is 45.6 Å². The van der Waals surface area contributed by atoms with Crippen LogP contribution in [-0.2, 0) is 0 Å². The Morgan fingerprint density at radius 1 is 1.22 bits per heavy atom. The maximum atomic E-state index is 6.41. The lowest BCUT2D eigenvalue weighted by molar-refractivity contribution is 0.341. The van der Waals surface area contributed by atoms with Gasteiger partial charge in [-0.1, -0.05) is 16.8 Å². The van der Waals surface area contributed by atoms with Crippen molar-refractivity contribution in [2.24, 2.45) is 17.6 Å². The van der Waals surface area contributed by atoms with Crippen LogP contribution in [0.5, 0.6) is 11.5 Å². The number of ether oxygens (including phenoxy) is 2. The molecule has 2 aliphatic rings. The van der Waals surface area contributed by atoms with E-state index < -0.39 is 0 Å². The molecule has 0 radical (unpaired) electrons. The highest BCUT2D eigenvalue weighted by molar-refractivity contribution is 6.35. The molecule has 2 fully saturated rings. The van der Waals surface area contributed by atoms with Crippen LogP contribution in [0.1, 0.15) is 24.7 Å². The first kappa shape index (κ1) is 14.8. The summed E-state index contributed by atoms with van der Waals surface area (Å²) in [5, 5.41) is 4.50. The molecule has 2 aromatic rings. The van der Waals surface area contributed by atoms with E-state index in [-0.39, 0.29) is 12.0 Å². The minimum Gasteiger partial charge on any atom is -0.493 e. The molecule has 23 heavy (non-hydrogen) atoms. The standard InChI is InChI=1S/C16H18ClN3O3/c1-21-12-4-3-7(13(17)14(12)22-2)15-19-16(23-20-15)10-6-11(18)9-5-8(9)10/h3-4,8-11H,5-6,18H2,1-2H3/t8-,9+,10-,11+/m1/s1. The number of halogens is 1. The topological polar surface area (TPSA) is 83.4 Å². The fraction of sp³-hybridized carbons (Fsp3) is 0.500. The van der Waals surface area contributed by atoms with Gasteiger partial charge in [-0.2, -0.15) is 4.98 Å². The van der Waals surface area contributed by atoms with Crippen LogP contribution < -0.4 is 15.2 Å². The molecule has 1 heterocycles. The summed E-state index contributed by atoms with van der Waals surface area (Å²) in [6, 6.07) is 3.84. The molecule has 4 rings (SSSR count). The van der Waals surface area contributed by atoms with E-state index >= 15 is 0 Å². The Morgan fingerprint density at radius 2 is 2.04 bits per heavy atom. The summed E-state index contributed by atoms with van der Waals surface area (Å²) >= 11 is 6.41. The first-order chi connectivity index (χ1) is 11.1. The molecule has 0 spiro atoms. The molecule has 2 N–H and O–H groups in total. The van der Waals surface area contributed by atoms with E-state index in [1.54, 1.807) is 26.4 Å².